The molecule has 1 aromatic carbocycles. The van der Waals surface area contributed by atoms with Crippen molar-refractivity contribution in [3.63, 3.8) is 0 Å². The SMILES string of the molecule is Cc1ccc(C)c(S(=O)(=O)N(C)CC(=O)Nc2cc(C(C)(C)C)on2)c1. The van der Waals surface area contributed by atoms with Crippen molar-refractivity contribution in [3.8, 4) is 0 Å². The smallest absolute Gasteiger partial charge is 0.243 e. The number of hydrogen-bond acceptors (Lipinski definition) is 5. The van der Waals surface area contributed by atoms with E-state index in [-0.39, 0.29) is 22.7 Å². The topological polar surface area (TPSA) is 92.5 Å². The molecule has 1 amide bonds. The molecule has 2 rings (SSSR count). The van der Waals surface area contributed by atoms with Gasteiger partial charge in [-0.05, 0) is 31.0 Å². The number of nitrogens with one attached hydrogen (secondary N) is 1. The van der Waals surface area contributed by atoms with Crippen LogP contribution < -0.4 is 5.32 Å². The Morgan fingerprint density at radius 2 is 1.88 bits per heavy atom. The maximum Gasteiger partial charge on any atom is 0.243 e. The molecule has 1 N–H and O–H groups in total. The number of amides is 1. The van der Waals surface area contributed by atoms with Crippen molar-refractivity contribution >= 4 is 21.7 Å². The standard InChI is InChI=1S/C18H25N3O4S/c1-12-7-8-13(2)14(9-12)26(23,24)21(6)11-17(22)19-16-10-15(25-20-16)18(3,4)5/h7-10H,11H2,1-6H3,(H,19,20,22). The predicted molar refractivity (Wildman–Crippen MR) is 99.6 cm³/mol. The average molecular weight is 379 g/mol. The summed E-state index contributed by atoms with van der Waals surface area (Å²) in [5.41, 5.74) is 1.23. The monoisotopic (exact) mass is 379 g/mol. The molecule has 2 aromatic rings. The van der Waals surface area contributed by atoms with E-state index in [2.05, 4.69) is 10.5 Å². The van der Waals surface area contributed by atoms with Crippen LogP contribution in [-0.4, -0.2) is 37.4 Å². The lowest BCUT2D eigenvalue weighted by molar-refractivity contribution is -0.116. The van der Waals surface area contributed by atoms with E-state index < -0.39 is 15.9 Å². The third kappa shape index (κ3) is 4.50. The molecular formula is C18H25N3O4S. The number of sulfonamides is 1. The van der Waals surface area contributed by atoms with Gasteiger partial charge in [-0.1, -0.05) is 38.1 Å². The van der Waals surface area contributed by atoms with E-state index in [9.17, 15) is 13.2 Å². The van der Waals surface area contributed by atoms with Crippen molar-refractivity contribution in [2.45, 2.75) is 44.9 Å². The molecule has 0 atom stereocenters. The lowest BCUT2D eigenvalue weighted by Crippen LogP contribution is -2.35. The highest BCUT2D eigenvalue weighted by Gasteiger charge is 2.26. The highest BCUT2D eigenvalue weighted by Crippen LogP contribution is 2.24. The zero-order valence-corrected chi connectivity index (χ0v) is 16.8. The van der Waals surface area contributed by atoms with Crippen LogP contribution in [0.4, 0.5) is 5.82 Å². The van der Waals surface area contributed by atoms with E-state index >= 15 is 0 Å². The van der Waals surface area contributed by atoms with Crippen LogP contribution in [0.5, 0.6) is 0 Å². The van der Waals surface area contributed by atoms with E-state index in [0.717, 1.165) is 9.87 Å². The second kappa shape index (κ2) is 7.20. The molecule has 0 spiro atoms. The van der Waals surface area contributed by atoms with Crippen LogP contribution in [-0.2, 0) is 20.2 Å². The number of carbonyl (C=O) groups is 1. The Bertz CT molecular complexity index is 911. The minimum Gasteiger partial charge on any atom is -0.359 e. The van der Waals surface area contributed by atoms with Gasteiger partial charge in [0.05, 0.1) is 11.4 Å². The Balaban J connectivity index is 2.11. The molecule has 0 aliphatic heterocycles. The molecule has 0 aliphatic carbocycles. The summed E-state index contributed by atoms with van der Waals surface area (Å²) in [5.74, 6) is 0.400. The summed E-state index contributed by atoms with van der Waals surface area (Å²) in [5, 5.41) is 6.37. The van der Waals surface area contributed by atoms with E-state index in [4.69, 9.17) is 4.52 Å². The molecule has 1 aromatic heterocycles. The average Bonchev–Trinajstić information content (AvgIpc) is 2.98. The quantitative estimate of drug-likeness (QED) is 0.862. The van der Waals surface area contributed by atoms with Crippen molar-refractivity contribution in [1.82, 2.24) is 9.46 Å². The van der Waals surface area contributed by atoms with Gasteiger partial charge in [0.25, 0.3) is 0 Å². The fourth-order valence-corrected chi connectivity index (χ4v) is 3.74. The van der Waals surface area contributed by atoms with Crippen LogP contribution >= 0.6 is 0 Å². The van der Waals surface area contributed by atoms with Gasteiger partial charge in [-0.25, -0.2) is 8.42 Å². The zero-order valence-electron chi connectivity index (χ0n) is 16.0. The zero-order chi connectivity index (χ0) is 19.7. The normalized spacial score (nSPS) is 12.4. The van der Waals surface area contributed by atoms with Gasteiger partial charge in [-0.15, -0.1) is 0 Å². The molecule has 0 aliphatic rings. The molecule has 0 unspecified atom stereocenters. The summed E-state index contributed by atoms with van der Waals surface area (Å²) < 4.78 is 31.7. The third-order valence-corrected chi connectivity index (χ3v) is 5.86. The van der Waals surface area contributed by atoms with Crippen LogP contribution in [0, 0.1) is 13.8 Å². The number of rotatable bonds is 5. The molecule has 0 radical (unpaired) electrons. The van der Waals surface area contributed by atoms with Gasteiger partial charge in [0.1, 0.15) is 5.76 Å². The summed E-state index contributed by atoms with van der Waals surface area (Å²) in [6.45, 7) is 9.11. The van der Waals surface area contributed by atoms with Crippen molar-refractivity contribution in [1.29, 1.82) is 0 Å². The van der Waals surface area contributed by atoms with Crippen LogP contribution in [0.2, 0.25) is 0 Å². The summed E-state index contributed by atoms with van der Waals surface area (Å²) in [4.78, 5) is 12.4. The van der Waals surface area contributed by atoms with Crippen molar-refractivity contribution in [2.75, 3.05) is 18.9 Å². The van der Waals surface area contributed by atoms with Gasteiger partial charge >= 0.3 is 0 Å². The highest BCUT2D eigenvalue weighted by atomic mass is 32.2. The summed E-state index contributed by atoms with van der Waals surface area (Å²) in [6.07, 6.45) is 0. The minimum absolute atomic E-state index is 0.198. The first-order valence-electron chi connectivity index (χ1n) is 8.22. The van der Waals surface area contributed by atoms with E-state index in [1.54, 1.807) is 25.1 Å². The predicted octanol–water partition coefficient (Wildman–Crippen LogP) is 2.85. The van der Waals surface area contributed by atoms with E-state index in [0.29, 0.717) is 11.3 Å². The molecule has 8 heteroatoms. The Morgan fingerprint density at radius 3 is 2.46 bits per heavy atom. The molecular weight excluding hydrogens is 354 g/mol. The van der Waals surface area contributed by atoms with Gasteiger partial charge in [-0.3, -0.25) is 4.79 Å². The number of nitrogens with zero attached hydrogens (tertiary/aromatic N) is 2. The number of benzene rings is 1. The molecule has 0 saturated heterocycles. The van der Waals surface area contributed by atoms with Gasteiger partial charge in [-0.2, -0.15) is 4.31 Å². The maximum absolute atomic E-state index is 12.7. The first-order chi connectivity index (χ1) is 11.9. The Hall–Kier alpha value is -2.19. The summed E-state index contributed by atoms with van der Waals surface area (Å²) in [7, 11) is -2.39. The Labute approximate surface area is 154 Å². The lowest BCUT2D eigenvalue weighted by atomic mass is 9.93. The molecule has 142 valence electrons. The first kappa shape index (κ1) is 20.1. The van der Waals surface area contributed by atoms with Gasteiger partial charge in [0, 0.05) is 18.5 Å². The van der Waals surface area contributed by atoms with Gasteiger partial charge in [0.2, 0.25) is 15.9 Å². The number of carbonyl (C=O) groups excluding carboxylic acids is 1. The van der Waals surface area contributed by atoms with Crippen molar-refractivity contribution in [2.24, 2.45) is 0 Å². The third-order valence-electron chi connectivity index (χ3n) is 3.91. The minimum atomic E-state index is -3.77. The molecule has 0 saturated carbocycles. The second-order valence-corrected chi connectivity index (χ2v) is 9.42. The summed E-state index contributed by atoms with van der Waals surface area (Å²) >= 11 is 0. The van der Waals surface area contributed by atoms with Crippen LogP contribution in [0.3, 0.4) is 0 Å². The number of hydrogen-bond donors (Lipinski definition) is 1. The van der Waals surface area contributed by atoms with Crippen LogP contribution in [0.25, 0.3) is 0 Å². The first-order valence-corrected chi connectivity index (χ1v) is 9.66. The molecule has 26 heavy (non-hydrogen) atoms. The molecule has 0 fully saturated rings. The lowest BCUT2D eigenvalue weighted by Gasteiger charge is -2.18. The maximum atomic E-state index is 12.7. The van der Waals surface area contributed by atoms with Crippen LogP contribution in [0.15, 0.2) is 33.7 Å². The Kier molecular flexibility index (Phi) is 5.58. The largest absolute Gasteiger partial charge is 0.359 e. The number of aromatic nitrogens is 1. The number of anilines is 1. The second-order valence-electron chi connectivity index (χ2n) is 7.40. The molecule has 0 bridgehead atoms. The van der Waals surface area contributed by atoms with E-state index in [1.165, 1.54) is 7.05 Å². The summed E-state index contributed by atoms with van der Waals surface area (Å²) in [6, 6.07) is 6.83. The highest BCUT2D eigenvalue weighted by molar-refractivity contribution is 7.89. The fourth-order valence-electron chi connectivity index (χ4n) is 2.31. The molecule has 1 heterocycles. The van der Waals surface area contributed by atoms with Gasteiger partial charge < -0.3 is 9.84 Å². The Morgan fingerprint density at radius 1 is 1.23 bits per heavy atom. The number of aryl methyl sites for hydroxylation is 2. The van der Waals surface area contributed by atoms with E-state index in [1.807, 2.05) is 33.8 Å². The molecule has 7 nitrogen and oxygen atoms in total. The van der Waals surface area contributed by atoms with Gasteiger partial charge in [0.15, 0.2) is 5.82 Å². The van der Waals surface area contributed by atoms with Crippen molar-refractivity contribution in [3.05, 3.63) is 41.2 Å². The fraction of sp³-hybridized carbons (Fsp3) is 0.444. The van der Waals surface area contributed by atoms with Crippen molar-refractivity contribution < 1.29 is 17.7 Å². The van der Waals surface area contributed by atoms with Crippen LogP contribution in [0.1, 0.15) is 37.7 Å². The number of likely N-dealkylation sites (N-methyl/N-ethyl adjacent to an activating group) is 1.